The third-order valence-corrected chi connectivity index (χ3v) is 5.26. The lowest BCUT2D eigenvalue weighted by molar-refractivity contribution is -0.137. The average Bonchev–Trinajstić information content (AvgIpc) is 2.89. The van der Waals surface area contributed by atoms with Crippen LogP contribution in [0.3, 0.4) is 0 Å². The Bertz CT molecular complexity index is 976. The Kier molecular flexibility index (Phi) is 5.66. The molecule has 1 heterocycles. The maximum Gasteiger partial charge on any atom is 0.278 e. The Morgan fingerprint density at radius 3 is 2.11 bits per heavy atom. The van der Waals surface area contributed by atoms with E-state index in [1.165, 1.54) is 10.5 Å². The molecule has 2 aromatic carbocycles. The zero-order chi connectivity index (χ0) is 20.4. The molecule has 0 fully saturated rings. The third kappa shape index (κ3) is 3.71. The number of hydrogen-bond donors (Lipinski definition) is 1. The van der Waals surface area contributed by atoms with Crippen LogP contribution in [0.5, 0.6) is 0 Å². The zero-order valence-electron chi connectivity index (χ0n) is 17.1. The minimum Gasteiger partial charge on any atom is -0.383 e. The summed E-state index contributed by atoms with van der Waals surface area (Å²) < 4.78 is 5.07. The average molecular weight is 378 g/mol. The SMILES string of the molecule is COCCN1C(=O)C(Nc2ccc(C)c(C)c2)=C(c2ccc(C)c(C)c2)C1=O. The molecule has 5 heteroatoms. The van der Waals surface area contributed by atoms with Crippen LogP contribution in [0.1, 0.15) is 27.8 Å². The van der Waals surface area contributed by atoms with Crippen LogP contribution in [0, 0.1) is 27.7 Å². The van der Waals surface area contributed by atoms with Gasteiger partial charge in [0.15, 0.2) is 0 Å². The van der Waals surface area contributed by atoms with Crippen molar-refractivity contribution in [1.29, 1.82) is 0 Å². The van der Waals surface area contributed by atoms with Gasteiger partial charge >= 0.3 is 0 Å². The Morgan fingerprint density at radius 2 is 1.50 bits per heavy atom. The van der Waals surface area contributed by atoms with Gasteiger partial charge in [-0.15, -0.1) is 0 Å². The maximum absolute atomic E-state index is 13.1. The highest BCUT2D eigenvalue weighted by molar-refractivity contribution is 6.36. The molecule has 0 atom stereocenters. The van der Waals surface area contributed by atoms with Crippen LogP contribution in [0.2, 0.25) is 0 Å². The van der Waals surface area contributed by atoms with E-state index in [1.54, 1.807) is 7.11 Å². The van der Waals surface area contributed by atoms with Gasteiger partial charge in [0.1, 0.15) is 5.70 Å². The largest absolute Gasteiger partial charge is 0.383 e. The molecule has 0 spiro atoms. The Morgan fingerprint density at radius 1 is 0.857 bits per heavy atom. The van der Waals surface area contributed by atoms with Crippen molar-refractivity contribution in [2.75, 3.05) is 25.6 Å². The van der Waals surface area contributed by atoms with Gasteiger partial charge in [-0.25, -0.2) is 0 Å². The summed E-state index contributed by atoms with van der Waals surface area (Å²) in [5.74, 6) is -0.620. The predicted octanol–water partition coefficient (Wildman–Crippen LogP) is 3.76. The molecular weight excluding hydrogens is 352 g/mol. The van der Waals surface area contributed by atoms with Crippen LogP contribution in [-0.4, -0.2) is 37.0 Å². The van der Waals surface area contributed by atoms with E-state index in [0.717, 1.165) is 27.9 Å². The predicted molar refractivity (Wildman–Crippen MR) is 111 cm³/mol. The molecule has 0 radical (unpaired) electrons. The van der Waals surface area contributed by atoms with Gasteiger partial charge in [-0.05, 0) is 67.6 Å². The number of nitrogens with zero attached hydrogens (tertiary/aromatic N) is 1. The number of rotatable bonds is 6. The van der Waals surface area contributed by atoms with Crippen molar-refractivity contribution >= 4 is 23.1 Å². The molecule has 1 N–H and O–H groups in total. The maximum atomic E-state index is 13.1. The minimum atomic E-state index is -0.325. The first-order valence-corrected chi connectivity index (χ1v) is 9.34. The molecule has 0 aromatic heterocycles. The Hall–Kier alpha value is -2.92. The van der Waals surface area contributed by atoms with Crippen LogP contribution < -0.4 is 5.32 Å². The lowest BCUT2D eigenvalue weighted by Crippen LogP contribution is -2.35. The van der Waals surface area contributed by atoms with E-state index in [-0.39, 0.29) is 18.4 Å². The van der Waals surface area contributed by atoms with Crippen molar-refractivity contribution < 1.29 is 14.3 Å². The highest BCUT2D eigenvalue weighted by atomic mass is 16.5. The first kappa shape index (κ1) is 19.8. The summed E-state index contributed by atoms with van der Waals surface area (Å²) >= 11 is 0. The molecule has 0 saturated heterocycles. The fourth-order valence-corrected chi connectivity index (χ4v) is 3.21. The molecule has 0 bridgehead atoms. The van der Waals surface area contributed by atoms with Gasteiger partial charge < -0.3 is 10.1 Å². The normalized spacial score (nSPS) is 14.2. The second-order valence-electron chi connectivity index (χ2n) is 7.23. The van der Waals surface area contributed by atoms with E-state index in [2.05, 4.69) is 5.32 Å². The first-order chi connectivity index (χ1) is 13.3. The number of hydrogen-bond acceptors (Lipinski definition) is 4. The van der Waals surface area contributed by atoms with E-state index in [1.807, 2.05) is 64.1 Å². The lowest BCUT2D eigenvalue weighted by Gasteiger charge is -2.14. The lowest BCUT2D eigenvalue weighted by atomic mass is 9.99. The Labute approximate surface area is 166 Å². The molecule has 2 amide bonds. The van der Waals surface area contributed by atoms with Gasteiger partial charge in [-0.3, -0.25) is 14.5 Å². The number of amides is 2. The van der Waals surface area contributed by atoms with Gasteiger partial charge in [-0.1, -0.05) is 24.3 Å². The summed E-state index contributed by atoms with van der Waals surface area (Å²) in [7, 11) is 1.55. The van der Waals surface area contributed by atoms with Gasteiger partial charge in [-0.2, -0.15) is 0 Å². The summed E-state index contributed by atoms with van der Waals surface area (Å²) in [6.45, 7) is 8.60. The summed E-state index contributed by atoms with van der Waals surface area (Å²) in [5, 5.41) is 3.20. The topological polar surface area (TPSA) is 58.6 Å². The third-order valence-electron chi connectivity index (χ3n) is 5.26. The fraction of sp³-hybridized carbons (Fsp3) is 0.304. The Balaban J connectivity index is 2.07. The van der Waals surface area contributed by atoms with Crippen LogP contribution in [0.4, 0.5) is 5.69 Å². The number of ether oxygens (including phenoxy) is 1. The number of methoxy groups -OCH3 is 1. The molecule has 146 valence electrons. The van der Waals surface area contributed by atoms with Crippen LogP contribution in [-0.2, 0) is 14.3 Å². The molecule has 0 unspecified atom stereocenters. The number of imide groups is 1. The highest BCUT2D eigenvalue weighted by Gasteiger charge is 2.39. The monoisotopic (exact) mass is 378 g/mol. The summed E-state index contributed by atoms with van der Waals surface area (Å²) in [6.07, 6.45) is 0. The highest BCUT2D eigenvalue weighted by Crippen LogP contribution is 2.31. The molecule has 1 aliphatic heterocycles. The number of carbonyl (C=O) groups excluding carboxylic acids is 2. The van der Waals surface area contributed by atoms with E-state index < -0.39 is 0 Å². The number of nitrogens with one attached hydrogen (secondary N) is 1. The summed E-state index contributed by atoms with van der Waals surface area (Å²) in [6, 6.07) is 11.7. The first-order valence-electron chi connectivity index (χ1n) is 9.34. The molecule has 3 rings (SSSR count). The van der Waals surface area contributed by atoms with Gasteiger partial charge in [0.25, 0.3) is 11.8 Å². The molecule has 5 nitrogen and oxygen atoms in total. The smallest absolute Gasteiger partial charge is 0.278 e. The zero-order valence-corrected chi connectivity index (χ0v) is 17.1. The van der Waals surface area contributed by atoms with Crippen molar-refractivity contribution in [3.63, 3.8) is 0 Å². The van der Waals surface area contributed by atoms with E-state index in [4.69, 9.17) is 4.74 Å². The van der Waals surface area contributed by atoms with Crippen LogP contribution in [0.25, 0.3) is 5.57 Å². The van der Waals surface area contributed by atoms with Crippen LogP contribution in [0.15, 0.2) is 42.1 Å². The van der Waals surface area contributed by atoms with Crippen molar-refractivity contribution in [2.45, 2.75) is 27.7 Å². The molecule has 0 saturated carbocycles. The molecule has 2 aromatic rings. The quantitative estimate of drug-likeness (QED) is 0.778. The fourth-order valence-electron chi connectivity index (χ4n) is 3.21. The minimum absolute atomic E-state index is 0.223. The van der Waals surface area contributed by atoms with Crippen molar-refractivity contribution in [3.05, 3.63) is 69.9 Å². The molecule has 28 heavy (non-hydrogen) atoms. The number of aryl methyl sites for hydroxylation is 4. The molecule has 0 aliphatic carbocycles. The van der Waals surface area contributed by atoms with Gasteiger partial charge in [0.05, 0.1) is 18.7 Å². The number of carbonyl (C=O) groups is 2. The van der Waals surface area contributed by atoms with Crippen molar-refractivity contribution in [3.8, 4) is 0 Å². The van der Waals surface area contributed by atoms with Gasteiger partial charge in [0, 0.05) is 12.8 Å². The second-order valence-corrected chi connectivity index (χ2v) is 7.23. The second kappa shape index (κ2) is 7.98. The van der Waals surface area contributed by atoms with Crippen molar-refractivity contribution in [1.82, 2.24) is 4.90 Å². The van der Waals surface area contributed by atoms with E-state index >= 15 is 0 Å². The molecule has 1 aliphatic rings. The number of benzene rings is 2. The van der Waals surface area contributed by atoms with Gasteiger partial charge in [0.2, 0.25) is 0 Å². The summed E-state index contributed by atoms with van der Waals surface area (Å²) in [5.41, 5.74) is 6.75. The van der Waals surface area contributed by atoms with Crippen LogP contribution >= 0.6 is 0 Å². The van der Waals surface area contributed by atoms with E-state index in [0.29, 0.717) is 17.9 Å². The standard InChI is InChI=1S/C23H26N2O3/c1-14-6-8-18(12-16(14)3)20-21(23(27)25(22(20)26)10-11-28-5)24-19-9-7-15(2)17(4)13-19/h6-9,12-13,24H,10-11H2,1-5H3. The summed E-state index contributed by atoms with van der Waals surface area (Å²) in [4.78, 5) is 27.4. The van der Waals surface area contributed by atoms with Crippen molar-refractivity contribution in [2.24, 2.45) is 0 Å². The van der Waals surface area contributed by atoms with E-state index in [9.17, 15) is 9.59 Å². The number of anilines is 1. The molecular formula is C23H26N2O3.